The van der Waals surface area contributed by atoms with E-state index in [1.165, 1.54) is 0 Å². The predicted octanol–water partition coefficient (Wildman–Crippen LogP) is 2.14. The smallest absolute Gasteiger partial charge is 0.192 e. The molecular weight excluding hydrogens is 220 g/mol. The molecule has 16 heavy (non-hydrogen) atoms. The number of rotatable bonds is 4. The first-order valence-corrected chi connectivity index (χ1v) is 9.05. The Bertz CT molecular complexity index is 229. The topological polar surface area (TPSA) is 49.7 Å². The zero-order valence-electron chi connectivity index (χ0n) is 11.2. The van der Waals surface area contributed by atoms with E-state index in [2.05, 4.69) is 33.9 Å². The lowest BCUT2D eigenvalue weighted by Gasteiger charge is -2.45. The Hall–Kier alpha value is 0.0969. The Morgan fingerprint density at radius 2 is 1.81 bits per heavy atom. The summed E-state index contributed by atoms with van der Waals surface area (Å²) in [5.74, 6) is 0.236. The number of aliphatic hydroxyl groups excluding tert-OH is 2. The van der Waals surface area contributed by atoms with Gasteiger partial charge in [0.25, 0.3) is 0 Å². The quantitative estimate of drug-likeness (QED) is 0.747. The Kier molecular flexibility index (Phi) is 4.22. The van der Waals surface area contributed by atoms with Crippen LogP contribution in [0.15, 0.2) is 0 Å². The average Bonchev–Trinajstić information content (AvgIpc) is 2.07. The zero-order valence-corrected chi connectivity index (χ0v) is 12.2. The summed E-state index contributed by atoms with van der Waals surface area (Å²) in [5, 5.41) is 18.5. The molecule has 4 heteroatoms. The van der Waals surface area contributed by atoms with Crippen LogP contribution in [0, 0.1) is 5.92 Å². The lowest BCUT2D eigenvalue weighted by atomic mass is 9.79. The maximum Gasteiger partial charge on any atom is 0.192 e. The van der Waals surface area contributed by atoms with E-state index in [0.717, 1.165) is 12.8 Å². The molecule has 0 spiro atoms. The van der Waals surface area contributed by atoms with Crippen molar-refractivity contribution in [2.75, 3.05) is 6.61 Å². The van der Waals surface area contributed by atoms with Crippen LogP contribution < -0.4 is 0 Å². The van der Waals surface area contributed by atoms with Crippen LogP contribution in [-0.2, 0) is 4.43 Å². The van der Waals surface area contributed by atoms with Crippen LogP contribution in [0.4, 0.5) is 0 Å². The molecular formula is C12H26O3Si. The molecule has 3 nitrogen and oxygen atoms in total. The second-order valence-corrected chi connectivity index (χ2v) is 11.2. The summed E-state index contributed by atoms with van der Waals surface area (Å²) >= 11 is 0. The van der Waals surface area contributed by atoms with Gasteiger partial charge >= 0.3 is 0 Å². The highest BCUT2D eigenvalue weighted by Gasteiger charge is 2.43. The third-order valence-corrected chi connectivity index (χ3v) is 8.66. The highest BCUT2D eigenvalue weighted by molar-refractivity contribution is 6.74. The summed E-state index contributed by atoms with van der Waals surface area (Å²) in [7, 11) is -1.66. The van der Waals surface area contributed by atoms with E-state index >= 15 is 0 Å². The summed E-state index contributed by atoms with van der Waals surface area (Å²) in [6, 6.07) is 0. The molecule has 0 amide bonds. The van der Waals surface area contributed by atoms with Crippen molar-refractivity contribution < 1.29 is 14.6 Å². The van der Waals surface area contributed by atoms with Crippen molar-refractivity contribution in [2.24, 2.45) is 5.92 Å². The number of hydrogen-bond donors (Lipinski definition) is 2. The van der Waals surface area contributed by atoms with E-state index < -0.39 is 14.4 Å². The third kappa shape index (κ3) is 3.06. The lowest BCUT2D eigenvalue weighted by Crippen LogP contribution is -2.49. The van der Waals surface area contributed by atoms with Crippen molar-refractivity contribution in [1.82, 2.24) is 0 Å². The molecule has 0 aromatic rings. The molecule has 0 aromatic carbocycles. The van der Waals surface area contributed by atoms with E-state index in [0.29, 0.717) is 6.10 Å². The van der Waals surface area contributed by atoms with Crippen molar-refractivity contribution in [3.8, 4) is 0 Å². The molecule has 1 fully saturated rings. The minimum absolute atomic E-state index is 0.128. The van der Waals surface area contributed by atoms with Crippen molar-refractivity contribution >= 4 is 8.32 Å². The molecule has 2 N–H and O–H groups in total. The van der Waals surface area contributed by atoms with Gasteiger partial charge < -0.3 is 14.6 Å². The molecule has 1 unspecified atom stereocenters. The summed E-state index contributed by atoms with van der Waals surface area (Å²) < 4.78 is 6.21. The Morgan fingerprint density at radius 3 is 2.19 bits per heavy atom. The normalized spacial score (nSPS) is 28.7. The largest absolute Gasteiger partial charge is 0.414 e. The van der Waals surface area contributed by atoms with Gasteiger partial charge in [0, 0.05) is 6.10 Å². The molecule has 1 aliphatic rings. The molecule has 0 saturated heterocycles. The molecule has 1 rings (SSSR count). The summed E-state index contributed by atoms with van der Waals surface area (Å²) in [6.45, 7) is 11.1. The molecule has 1 atom stereocenters. The Morgan fingerprint density at radius 1 is 1.31 bits per heavy atom. The number of aliphatic hydroxyl groups is 2. The highest BCUT2D eigenvalue weighted by Crippen LogP contribution is 2.42. The first-order chi connectivity index (χ1) is 7.17. The first-order valence-electron chi connectivity index (χ1n) is 6.14. The van der Waals surface area contributed by atoms with Gasteiger partial charge in [0.2, 0.25) is 0 Å². The molecule has 1 aliphatic carbocycles. The van der Waals surface area contributed by atoms with Crippen molar-refractivity contribution in [2.45, 2.75) is 64.0 Å². The van der Waals surface area contributed by atoms with Crippen LogP contribution in [0.3, 0.4) is 0 Å². The fourth-order valence-corrected chi connectivity index (χ4v) is 3.14. The van der Waals surface area contributed by atoms with Crippen LogP contribution in [0.5, 0.6) is 0 Å². The van der Waals surface area contributed by atoms with Gasteiger partial charge in [0.1, 0.15) is 0 Å². The van der Waals surface area contributed by atoms with E-state index in [-0.39, 0.29) is 17.6 Å². The van der Waals surface area contributed by atoms with Gasteiger partial charge in [-0.15, -0.1) is 0 Å². The molecule has 0 aliphatic heterocycles. The fourth-order valence-electron chi connectivity index (χ4n) is 1.76. The first kappa shape index (κ1) is 14.2. The van der Waals surface area contributed by atoms with Crippen LogP contribution >= 0.6 is 0 Å². The van der Waals surface area contributed by atoms with Gasteiger partial charge in [-0.2, -0.15) is 0 Å². The average molecular weight is 246 g/mol. The molecule has 96 valence electrons. The second-order valence-electron chi connectivity index (χ2n) is 6.48. The molecule has 0 heterocycles. The van der Waals surface area contributed by atoms with Gasteiger partial charge in [0.05, 0.1) is 12.7 Å². The summed E-state index contributed by atoms with van der Waals surface area (Å²) in [4.78, 5) is 0. The van der Waals surface area contributed by atoms with Crippen molar-refractivity contribution in [1.29, 1.82) is 0 Å². The minimum atomic E-state index is -1.66. The highest BCUT2D eigenvalue weighted by atomic mass is 28.4. The van der Waals surface area contributed by atoms with E-state index in [4.69, 9.17) is 9.53 Å². The lowest BCUT2D eigenvalue weighted by molar-refractivity contribution is -0.0419. The maximum atomic E-state index is 9.46. The van der Waals surface area contributed by atoms with Gasteiger partial charge in [-0.3, -0.25) is 0 Å². The molecule has 0 radical (unpaired) electrons. The predicted molar refractivity (Wildman–Crippen MR) is 67.9 cm³/mol. The summed E-state index contributed by atoms with van der Waals surface area (Å²) in [5.41, 5.74) is 0. The van der Waals surface area contributed by atoms with Crippen LogP contribution in [0.1, 0.15) is 33.6 Å². The number of hydrogen-bond acceptors (Lipinski definition) is 3. The van der Waals surface area contributed by atoms with Gasteiger partial charge in [-0.05, 0) is 36.9 Å². The van der Waals surface area contributed by atoms with Crippen LogP contribution in [-0.4, -0.2) is 37.3 Å². The maximum absolute atomic E-state index is 9.46. The van der Waals surface area contributed by atoms with Crippen LogP contribution in [0.25, 0.3) is 0 Å². The standard InChI is InChI=1S/C12H26O3Si/c1-12(2,3)16(4,5)15-10-6-9(7-10)11(14)8-13/h9-11,13-14H,6-8H2,1-5H3. The SMILES string of the molecule is CC(C)(C)[Si](C)(C)OC1CC(C(O)CO)C1. The van der Waals surface area contributed by atoms with Crippen molar-refractivity contribution in [3.05, 3.63) is 0 Å². The van der Waals surface area contributed by atoms with Gasteiger partial charge in [-0.25, -0.2) is 0 Å². The Labute approximate surface area is 100.0 Å². The second kappa shape index (κ2) is 4.76. The monoisotopic (exact) mass is 246 g/mol. The van der Waals surface area contributed by atoms with Gasteiger partial charge in [-0.1, -0.05) is 20.8 Å². The summed E-state index contributed by atoms with van der Waals surface area (Å²) in [6.07, 6.45) is 1.54. The fraction of sp³-hybridized carbons (Fsp3) is 1.00. The molecule has 1 saturated carbocycles. The Balaban J connectivity index is 2.38. The van der Waals surface area contributed by atoms with Crippen LogP contribution in [0.2, 0.25) is 18.1 Å². The van der Waals surface area contributed by atoms with E-state index in [1.54, 1.807) is 0 Å². The third-order valence-electron chi connectivity index (χ3n) is 4.13. The molecule has 0 aromatic heterocycles. The van der Waals surface area contributed by atoms with E-state index in [9.17, 15) is 5.11 Å². The molecule has 0 bridgehead atoms. The minimum Gasteiger partial charge on any atom is -0.414 e. The van der Waals surface area contributed by atoms with Gasteiger partial charge in [0.15, 0.2) is 8.32 Å². The van der Waals surface area contributed by atoms with Crippen molar-refractivity contribution in [3.63, 3.8) is 0 Å². The zero-order chi connectivity index (χ0) is 12.6. The van der Waals surface area contributed by atoms with E-state index in [1.807, 2.05) is 0 Å².